The minimum atomic E-state index is -0.875. The van der Waals surface area contributed by atoms with Crippen molar-refractivity contribution in [3.8, 4) is 0 Å². The average Bonchev–Trinajstić information content (AvgIpc) is 2.96. The van der Waals surface area contributed by atoms with Gasteiger partial charge in [-0.1, -0.05) is 6.92 Å². The molecule has 1 aromatic heterocycles. The van der Waals surface area contributed by atoms with Gasteiger partial charge in [-0.2, -0.15) is 0 Å². The van der Waals surface area contributed by atoms with Gasteiger partial charge in [0, 0.05) is 35.0 Å². The number of imidazole rings is 1. The number of fused-ring (bicyclic) bond motifs is 2. The van der Waals surface area contributed by atoms with Gasteiger partial charge in [0.25, 0.3) is 0 Å². The van der Waals surface area contributed by atoms with Gasteiger partial charge in [0.1, 0.15) is 5.78 Å². The van der Waals surface area contributed by atoms with Gasteiger partial charge in [-0.3, -0.25) is 9.59 Å². The summed E-state index contributed by atoms with van der Waals surface area (Å²) >= 11 is 0. The number of amides is 1. The third-order valence-electron chi connectivity index (χ3n) is 8.65. The van der Waals surface area contributed by atoms with E-state index in [4.69, 9.17) is 0 Å². The molecule has 0 aliphatic heterocycles. The number of Topliss-reactive ketones (excluding diaryl/α,β-unsaturated/α-hetero) is 1. The van der Waals surface area contributed by atoms with Crippen molar-refractivity contribution in [2.75, 3.05) is 0 Å². The van der Waals surface area contributed by atoms with Crippen LogP contribution in [0.3, 0.4) is 0 Å². The van der Waals surface area contributed by atoms with Crippen LogP contribution in [0.15, 0.2) is 18.5 Å². The maximum absolute atomic E-state index is 13.7. The third kappa shape index (κ3) is 2.35. The van der Waals surface area contributed by atoms with Gasteiger partial charge in [0.2, 0.25) is 5.91 Å². The Morgan fingerprint density at radius 1 is 1.17 bits per heavy atom. The van der Waals surface area contributed by atoms with Crippen molar-refractivity contribution in [3.63, 3.8) is 0 Å². The Morgan fingerprint density at radius 3 is 2.43 bits per heavy atom. The summed E-state index contributed by atoms with van der Waals surface area (Å²) in [6.45, 7) is 3.67. The molecule has 1 aromatic carbocycles. The number of aromatic nitrogens is 2. The zero-order valence-electron chi connectivity index (χ0n) is 17.1. The van der Waals surface area contributed by atoms with E-state index in [1.54, 1.807) is 13.3 Å². The SMILES string of the molecule is CC(=O)C12CC(NC(=O)C(C)[C@H]3[C@@H]4C[C@@H](n5cnc6cc(F)c(F)cc65)C[C@@H]43)(C1)C2. The first kappa shape index (κ1) is 18.5. The van der Waals surface area contributed by atoms with Crippen LogP contribution >= 0.6 is 0 Å². The smallest absolute Gasteiger partial charge is 0.223 e. The van der Waals surface area contributed by atoms with E-state index < -0.39 is 11.6 Å². The molecular weight excluding hydrogens is 388 g/mol. The molecule has 1 N–H and O–H groups in total. The predicted molar refractivity (Wildman–Crippen MR) is 105 cm³/mol. The zero-order chi connectivity index (χ0) is 21.0. The van der Waals surface area contributed by atoms with Crippen LogP contribution in [0.2, 0.25) is 0 Å². The van der Waals surface area contributed by atoms with Crippen LogP contribution < -0.4 is 5.32 Å². The molecule has 5 aliphatic rings. The second-order valence-corrected chi connectivity index (χ2v) is 10.4. The number of hydrogen-bond acceptors (Lipinski definition) is 3. The third-order valence-corrected chi connectivity index (χ3v) is 8.65. The summed E-state index contributed by atoms with van der Waals surface area (Å²) in [5, 5.41) is 3.24. The summed E-state index contributed by atoms with van der Waals surface area (Å²) in [5.74, 6) is -0.00747. The molecule has 5 nitrogen and oxygen atoms in total. The summed E-state index contributed by atoms with van der Waals surface area (Å²) in [6, 6.07) is 2.59. The first-order valence-corrected chi connectivity index (χ1v) is 10.9. The van der Waals surface area contributed by atoms with Crippen molar-refractivity contribution in [2.24, 2.45) is 29.1 Å². The molecule has 1 unspecified atom stereocenters. The Labute approximate surface area is 173 Å². The molecule has 7 rings (SSSR count). The molecule has 0 saturated heterocycles. The van der Waals surface area contributed by atoms with Crippen LogP contribution in [0, 0.1) is 40.7 Å². The fourth-order valence-corrected chi connectivity index (χ4v) is 6.99. The fraction of sp³-hybridized carbons (Fsp3) is 0.609. The average molecular weight is 413 g/mol. The number of ketones is 1. The first-order chi connectivity index (χ1) is 14.2. The number of nitrogens with zero attached hydrogens (tertiary/aromatic N) is 2. The molecular formula is C23H25F2N3O2. The fourth-order valence-electron chi connectivity index (χ4n) is 6.99. The molecule has 1 heterocycles. The van der Waals surface area contributed by atoms with Crippen LogP contribution in [0.4, 0.5) is 8.78 Å². The lowest BCUT2D eigenvalue weighted by molar-refractivity contribution is -0.180. The number of rotatable bonds is 5. The molecule has 2 aromatic rings. The Bertz CT molecular complexity index is 1080. The normalized spacial score (nSPS) is 39.1. The largest absolute Gasteiger partial charge is 0.350 e. The van der Waals surface area contributed by atoms with Crippen LogP contribution in [-0.2, 0) is 9.59 Å². The van der Waals surface area contributed by atoms with Crippen molar-refractivity contribution >= 4 is 22.7 Å². The summed E-state index contributed by atoms with van der Waals surface area (Å²) in [5.41, 5.74) is 0.834. The van der Waals surface area contributed by atoms with Crippen molar-refractivity contribution in [1.82, 2.24) is 14.9 Å². The van der Waals surface area contributed by atoms with E-state index in [1.807, 2.05) is 11.5 Å². The van der Waals surface area contributed by atoms with Crippen molar-refractivity contribution < 1.29 is 18.4 Å². The lowest BCUT2D eigenvalue weighted by Crippen LogP contribution is -2.77. The molecule has 5 atom stereocenters. The van der Waals surface area contributed by atoms with Crippen LogP contribution in [0.5, 0.6) is 0 Å². The van der Waals surface area contributed by atoms with Crippen molar-refractivity contribution in [2.45, 2.75) is 57.5 Å². The van der Waals surface area contributed by atoms with E-state index in [0.717, 1.165) is 38.2 Å². The Balaban J connectivity index is 1.09. The van der Waals surface area contributed by atoms with E-state index in [0.29, 0.717) is 28.8 Å². The Hall–Kier alpha value is -2.31. The van der Waals surface area contributed by atoms with Gasteiger partial charge in [0.15, 0.2) is 11.6 Å². The Morgan fingerprint density at radius 2 is 1.80 bits per heavy atom. The molecule has 1 amide bonds. The zero-order valence-corrected chi connectivity index (χ0v) is 17.1. The molecule has 5 saturated carbocycles. The summed E-state index contributed by atoms with van der Waals surface area (Å²) in [6.07, 6.45) is 5.97. The number of nitrogens with one attached hydrogen (secondary N) is 1. The van der Waals surface area contributed by atoms with E-state index in [9.17, 15) is 18.4 Å². The minimum absolute atomic E-state index is 0.0330. The quantitative estimate of drug-likeness (QED) is 0.812. The maximum Gasteiger partial charge on any atom is 0.223 e. The van der Waals surface area contributed by atoms with Crippen LogP contribution in [-0.4, -0.2) is 26.8 Å². The summed E-state index contributed by atoms with van der Waals surface area (Å²) in [7, 11) is 0. The molecule has 5 aliphatic carbocycles. The molecule has 7 heteroatoms. The van der Waals surface area contributed by atoms with E-state index in [-0.39, 0.29) is 34.6 Å². The second-order valence-electron chi connectivity index (χ2n) is 10.4. The topological polar surface area (TPSA) is 64.0 Å². The standard InChI is InChI=1S/C23H25F2N3O2/c1-11(21(30)27-23-7-22(8-23,9-23)12(2)29)20-14-3-13(4-15(14)20)28-10-26-18-5-16(24)17(25)6-19(18)28/h5-6,10-11,13-15,20H,3-4,7-9H2,1-2H3,(H,27,30)/t11?,13-,14-,15+,20+,22?,23?. The van der Waals surface area contributed by atoms with E-state index >= 15 is 0 Å². The van der Waals surface area contributed by atoms with Gasteiger partial charge in [0.05, 0.1) is 17.4 Å². The second kappa shape index (κ2) is 5.68. The molecule has 0 radical (unpaired) electrons. The molecule has 0 spiro atoms. The molecule has 30 heavy (non-hydrogen) atoms. The minimum Gasteiger partial charge on any atom is -0.350 e. The van der Waals surface area contributed by atoms with Gasteiger partial charge >= 0.3 is 0 Å². The first-order valence-electron chi connectivity index (χ1n) is 10.9. The highest BCUT2D eigenvalue weighted by Crippen LogP contribution is 2.68. The highest BCUT2D eigenvalue weighted by Gasteiger charge is 2.71. The lowest BCUT2D eigenvalue weighted by Gasteiger charge is -2.69. The van der Waals surface area contributed by atoms with Gasteiger partial charge < -0.3 is 9.88 Å². The number of benzene rings is 1. The number of hydrogen-bond donors (Lipinski definition) is 1. The molecule has 158 valence electrons. The highest BCUT2D eigenvalue weighted by molar-refractivity contribution is 5.89. The Kier molecular flexibility index (Phi) is 3.49. The monoisotopic (exact) mass is 413 g/mol. The summed E-state index contributed by atoms with van der Waals surface area (Å²) < 4.78 is 29.1. The number of carbonyl (C=O) groups is 2. The van der Waals surface area contributed by atoms with E-state index in [1.165, 1.54) is 6.07 Å². The van der Waals surface area contributed by atoms with Gasteiger partial charge in [-0.25, -0.2) is 13.8 Å². The number of carbonyl (C=O) groups excluding carboxylic acids is 2. The van der Waals surface area contributed by atoms with E-state index in [2.05, 4.69) is 10.3 Å². The van der Waals surface area contributed by atoms with Gasteiger partial charge in [-0.05, 0) is 56.8 Å². The number of halogens is 2. The van der Waals surface area contributed by atoms with Crippen LogP contribution in [0.25, 0.3) is 11.0 Å². The predicted octanol–water partition coefficient (Wildman–Crippen LogP) is 3.78. The van der Waals surface area contributed by atoms with Crippen LogP contribution in [0.1, 0.15) is 52.0 Å². The molecule has 5 fully saturated rings. The van der Waals surface area contributed by atoms with Crippen molar-refractivity contribution in [3.05, 3.63) is 30.1 Å². The molecule has 2 bridgehead atoms. The maximum atomic E-state index is 13.7. The summed E-state index contributed by atoms with van der Waals surface area (Å²) in [4.78, 5) is 28.7. The lowest BCUT2D eigenvalue weighted by atomic mass is 9.38. The van der Waals surface area contributed by atoms with Crippen molar-refractivity contribution in [1.29, 1.82) is 0 Å². The van der Waals surface area contributed by atoms with Gasteiger partial charge in [-0.15, -0.1) is 0 Å². The highest BCUT2D eigenvalue weighted by atomic mass is 19.2.